The Kier molecular flexibility index (Phi) is 4.20. The predicted octanol–water partition coefficient (Wildman–Crippen LogP) is 3.49. The average Bonchev–Trinajstić information content (AvgIpc) is 2.50. The van der Waals surface area contributed by atoms with Gasteiger partial charge in [-0.1, -0.05) is 34.8 Å². The Morgan fingerprint density at radius 3 is 2.15 bits per heavy atom. The minimum atomic E-state index is -3.87. The van der Waals surface area contributed by atoms with Crippen LogP contribution in [0.4, 0.5) is 5.69 Å². The van der Waals surface area contributed by atoms with Crippen LogP contribution in [0.15, 0.2) is 23.1 Å². The molecule has 0 aliphatic heterocycles. The lowest BCUT2D eigenvalue weighted by Crippen LogP contribution is -2.14. The van der Waals surface area contributed by atoms with Gasteiger partial charge in [0.05, 0.1) is 11.4 Å². The van der Waals surface area contributed by atoms with E-state index in [2.05, 4.69) is 9.82 Å². The fourth-order valence-corrected chi connectivity index (χ4v) is 4.05. The highest BCUT2D eigenvalue weighted by atomic mass is 35.5. The van der Waals surface area contributed by atoms with Crippen LogP contribution in [0.1, 0.15) is 5.69 Å². The van der Waals surface area contributed by atoms with Gasteiger partial charge in [-0.05, 0) is 25.1 Å². The monoisotopic (exact) mass is 353 g/mol. The molecular weight excluding hydrogens is 345 g/mol. The zero-order valence-corrected chi connectivity index (χ0v) is 13.6. The van der Waals surface area contributed by atoms with Crippen molar-refractivity contribution in [3.8, 4) is 0 Å². The quantitative estimate of drug-likeness (QED) is 0.917. The number of rotatable bonds is 3. The largest absolute Gasteiger partial charge is 0.279 e. The maximum atomic E-state index is 12.3. The molecule has 0 spiro atoms. The highest BCUT2D eigenvalue weighted by Gasteiger charge is 2.25. The Hall–Kier alpha value is -0.950. The van der Waals surface area contributed by atoms with Gasteiger partial charge in [-0.2, -0.15) is 5.10 Å². The summed E-state index contributed by atoms with van der Waals surface area (Å²) in [6.45, 7) is 1.56. The lowest BCUT2D eigenvalue weighted by Gasteiger charge is -2.08. The molecule has 0 bridgehead atoms. The molecule has 0 atom stereocenters. The van der Waals surface area contributed by atoms with Crippen molar-refractivity contribution in [3.05, 3.63) is 39.1 Å². The molecule has 0 unspecified atom stereocenters. The van der Waals surface area contributed by atoms with Crippen molar-refractivity contribution in [2.24, 2.45) is 7.05 Å². The third-order valence-electron chi connectivity index (χ3n) is 2.48. The van der Waals surface area contributed by atoms with Crippen LogP contribution in [0.3, 0.4) is 0 Å². The van der Waals surface area contributed by atoms with Crippen LogP contribution in [-0.2, 0) is 17.1 Å². The molecule has 0 saturated carbocycles. The van der Waals surface area contributed by atoms with Crippen LogP contribution in [0.25, 0.3) is 0 Å². The normalized spacial score (nSPS) is 11.7. The van der Waals surface area contributed by atoms with Crippen molar-refractivity contribution >= 4 is 50.5 Å². The molecule has 0 fully saturated rings. The van der Waals surface area contributed by atoms with Crippen LogP contribution in [0.2, 0.25) is 15.2 Å². The van der Waals surface area contributed by atoms with Crippen molar-refractivity contribution in [1.29, 1.82) is 0 Å². The van der Waals surface area contributed by atoms with Crippen molar-refractivity contribution in [3.63, 3.8) is 0 Å². The fourth-order valence-electron chi connectivity index (χ4n) is 1.73. The van der Waals surface area contributed by atoms with Gasteiger partial charge in [-0.15, -0.1) is 0 Å². The number of nitrogens with one attached hydrogen (secondary N) is 1. The van der Waals surface area contributed by atoms with Crippen LogP contribution in [-0.4, -0.2) is 18.2 Å². The molecule has 5 nitrogen and oxygen atoms in total. The van der Waals surface area contributed by atoms with Crippen molar-refractivity contribution in [2.45, 2.75) is 11.8 Å². The molecule has 1 aromatic carbocycles. The summed E-state index contributed by atoms with van der Waals surface area (Å²) < 4.78 is 28.4. The maximum absolute atomic E-state index is 12.3. The number of aryl methyl sites for hydroxylation is 2. The zero-order valence-electron chi connectivity index (χ0n) is 10.5. The second-order valence-corrected chi connectivity index (χ2v) is 6.94. The summed E-state index contributed by atoms with van der Waals surface area (Å²) in [6, 6.07) is 4.40. The first kappa shape index (κ1) is 15.4. The molecule has 2 rings (SSSR count). The van der Waals surface area contributed by atoms with Gasteiger partial charge in [-0.25, -0.2) is 8.42 Å². The molecule has 1 heterocycles. The lowest BCUT2D eigenvalue weighted by atomic mass is 10.3. The first-order valence-electron chi connectivity index (χ1n) is 5.39. The molecular formula is C11H10Cl3N3O2S. The summed E-state index contributed by atoms with van der Waals surface area (Å²) in [4.78, 5) is -0.0715. The van der Waals surface area contributed by atoms with E-state index in [1.54, 1.807) is 14.0 Å². The first-order chi connectivity index (χ1) is 9.20. The minimum absolute atomic E-state index is 0.0307. The van der Waals surface area contributed by atoms with Crippen molar-refractivity contribution in [2.75, 3.05) is 4.72 Å². The Morgan fingerprint density at radius 2 is 1.70 bits per heavy atom. The number of hydrogen-bond donors (Lipinski definition) is 1. The van der Waals surface area contributed by atoms with Crippen molar-refractivity contribution in [1.82, 2.24) is 9.78 Å². The fraction of sp³-hybridized carbons (Fsp3) is 0.182. The number of aromatic nitrogens is 2. The van der Waals surface area contributed by atoms with E-state index in [-0.39, 0.29) is 15.7 Å². The molecule has 0 amide bonds. The van der Waals surface area contributed by atoms with Gasteiger partial charge < -0.3 is 0 Å². The SMILES string of the molecule is Cc1nn(C)c(Cl)c1S(=O)(=O)Nc1cc(Cl)cc(Cl)c1. The molecule has 1 N–H and O–H groups in total. The second kappa shape index (κ2) is 5.44. The van der Waals surface area contributed by atoms with Gasteiger partial charge in [0.1, 0.15) is 10.0 Å². The van der Waals surface area contributed by atoms with Gasteiger partial charge in [0.2, 0.25) is 0 Å². The van der Waals surface area contributed by atoms with E-state index < -0.39 is 10.0 Å². The van der Waals surface area contributed by atoms with Crippen LogP contribution < -0.4 is 4.72 Å². The molecule has 20 heavy (non-hydrogen) atoms. The Morgan fingerprint density at radius 1 is 1.15 bits per heavy atom. The van der Waals surface area contributed by atoms with Gasteiger partial charge in [-0.3, -0.25) is 9.40 Å². The molecule has 0 aliphatic carbocycles. The summed E-state index contributed by atoms with van der Waals surface area (Å²) >= 11 is 17.6. The number of benzene rings is 1. The summed E-state index contributed by atoms with van der Waals surface area (Å²) in [5.41, 5.74) is 0.556. The van der Waals surface area contributed by atoms with E-state index in [0.717, 1.165) is 0 Å². The third-order valence-corrected chi connectivity index (χ3v) is 5.00. The van der Waals surface area contributed by atoms with Gasteiger partial charge in [0, 0.05) is 17.1 Å². The standard InChI is InChI=1S/C11H10Cl3N3O2S/c1-6-10(11(14)17(2)15-6)20(18,19)16-9-4-7(12)3-8(13)5-9/h3-5,16H,1-2H3. The summed E-state index contributed by atoms with van der Waals surface area (Å²) in [6.07, 6.45) is 0. The number of halogens is 3. The van der Waals surface area contributed by atoms with Crippen LogP contribution in [0.5, 0.6) is 0 Å². The van der Waals surface area contributed by atoms with E-state index in [1.807, 2.05) is 0 Å². The van der Waals surface area contributed by atoms with Crippen LogP contribution in [0, 0.1) is 6.92 Å². The topological polar surface area (TPSA) is 64.0 Å². The average molecular weight is 355 g/mol. The number of nitrogens with zero attached hydrogens (tertiary/aromatic N) is 2. The van der Waals surface area contributed by atoms with Gasteiger partial charge in [0.25, 0.3) is 10.0 Å². The smallest absolute Gasteiger partial charge is 0.266 e. The molecule has 2 aromatic rings. The first-order valence-corrected chi connectivity index (χ1v) is 8.00. The van der Waals surface area contributed by atoms with E-state index >= 15 is 0 Å². The number of anilines is 1. The van der Waals surface area contributed by atoms with Crippen molar-refractivity contribution < 1.29 is 8.42 Å². The van der Waals surface area contributed by atoms with E-state index in [9.17, 15) is 8.42 Å². The van der Waals surface area contributed by atoms with Gasteiger partial charge in [0.15, 0.2) is 0 Å². The summed E-state index contributed by atoms with van der Waals surface area (Å²) in [7, 11) is -2.31. The molecule has 0 aliphatic rings. The third kappa shape index (κ3) is 3.03. The lowest BCUT2D eigenvalue weighted by molar-refractivity contribution is 0.600. The van der Waals surface area contributed by atoms with E-state index in [1.165, 1.54) is 22.9 Å². The second-order valence-electron chi connectivity index (χ2n) is 4.09. The summed E-state index contributed by atoms with van der Waals surface area (Å²) in [5.74, 6) is 0. The highest BCUT2D eigenvalue weighted by Crippen LogP contribution is 2.28. The Balaban J connectivity index is 2.46. The maximum Gasteiger partial charge on any atom is 0.266 e. The molecule has 0 radical (unpaired) electrons. The summed E-state index contributed by atoms with van der Waals surface area (Å²) in [5, 5.41) is 4.64. The molecule has 1 aromatic heterocycles. The predicted molar refractivity (Wildman–Crippen MR) is 80.2 cm³/mol. The van der Waals surface area contributed by atoms with Crippen LogP contribution >= 0.6 is 34.8 Å². The highest BCUT2D eigenvalue weighted by molar-refractivity contribution is 7.92. The molecule has 0 saturated heterocycles. The molecule has 9 heteroatoms. The van der Waals surface area contributed by atoms with E-state index in [0.29, 0.717) is 15.7 Å². The Bertz CT molecular complexity index is 751. The molecule has 108 valence electrons. The zero-order chi connectivity index (χ0) is 15.1. The number of hydrogen-bond acceptors (Lipinski definition) is 3. The minimum Gasteiger partial charge on any atom is -0.279 e. The van der Waals surface area contributed by atoms with E-state index in [4.69, 9.17) is 34.8 Å². The Labute approximate surface area is 131 Å². The van der Waals surface area contributed by atoms with Gasteiger partial charge >= 0.3 is 0 Å². The number of sulfonamides is 1.